The monoisotopic (exact) mass is 281 g/mol. The van der Waals surface area contributed by atoms with E-state index < -0.39 is 6.10 Å². The van der Waals surface area contributed by atoms with Crippen molar-refractivity contribution in [2.45, 2.75) is 39.7 Å². The Hall–Kier alpha value is -1.33. The molecular weight excluding hydrogens is 258 g/mol. The van der Waals surface area contributed by atoms with Crippen LogP contribution in [-0.2, 0) is 11.2 Å². The third-order valence-electron chi connectivity index (χ3n) is 3.79. The molecule has 0 unspecified atom stereocenters. The van der Waals surface area contributed by atoms with Gasteiger partial charge < -0.3 is 19.6 Å². The van der Waals surface area contributed by atoms with E-state index >= 15 is 0 Å². The van der Waals surface area contributed by atoms with Crippen molar-refractivity contribution >= 4 is 5.91 Å². The van der Waals surface area contributed by atoms with E-state index in [2.05, 4.69) is 19.2 Å². The normalized spacial score (nSPS) is 20.6. The van der Waals surface area contributed by atoms with Crippen LogP contribution in [0.4, 0.5) is 0 Å². The number of fused-ring (bicyclic) bond motifs is 1. The fourth-order valence-corrected chi connectivity index (χ4v) is 2.85. The van der Waals surface area contributed by atoms with Gasteiger partial charge >= 0.3 is 0 Å². The number of aliphatic hydroxyl groups is 1. The second kappa shape index (κ2) is 5.58. The standard InChI is InChI=1S/C15H23NO4/c1-9-12-10(17)7-15(2,3)8-11(12)20-13(9)14(18)16-5-6-19-4/h10,17H,5-8H2,1-4H3,(H,16,18)/t10-/m1/s1. The molecule has 1 aromatic rings. The first-order chi connectivity index (χ1) is 9.35. The van der Waals surface area contributed by atoms with Crippen molar-refractivity contribution in [2.75, 3.05) is 20.3 Å². The number of carbonyl (C=O) groups is 1. The summed E-state index contributed by atoms with van der Waals surface area (Å²) in [7, 11) is 1.58. The summed E-state index contributed by atoms with van der Waals surface area (Å²) in [6, 6.07) is 0. The molecule has 0 saturated carbocycles. The maximum atomic E-state index is 12.1. The fraction of sp³-hybridized carbons (Fsp3) is 0.667. The highest BCUT2D eigenvalue weighted by molar-refractivity contribution is 5.93. The zero-order chi connectivity index (χ0) is 14.9. The van der Waals surface area contributed by atoms with Crippen LogP contribution < -0.4 is 5.32 Å². The quantitative estimate of drug-likeness (QED) is 0.828. The number of amides is 1. The molecule has 1 amide bonds. The SMILES string of the molecule is COCCNC(=O)c1oc2c(c1C)[C@H](O)CC(C)(C)C2. The molecule has 1 heterocycles. The molecule has 20 heavy (non-hydrogen) atoms. The summed E-state index contributed by atoms with van der Waals surface area (Å²) in [6.45, 7) is 6.91. The van der Waals surface area contributed by atoms with E-state index in [0.717, 1.165) is 23.3 Å². The first-order valence-corrected chi connectivity index (χ1v) is 6.93. The molecule has 0 fully saturated rings. The average molecular weight is 281 g/mol. The number of nitrogens with one attached hydrogen (secondary N) is 1. The Morgan fingerprint density at radius 1 is 1.55 bits per heavy atom. The predicted molar refractivity (Wildman–Crippen MR) is 74.7 cm³/mol. The highest BCUT2D eigenvalue weighted by Gasteiger charge is 2.37. The van der Waals surface area contributed by atoms with Crippen LogP contribution in [0, 0.1) is 12.3 Å². The molecule has 0 saturated heterocycles. The number of aliphatic hydroxyl groups excluding tert-OH is 1. The van der Waals surface area contributed by atoms with Crippen LogP contribution in [0.2, 0.25) is 0 Å². The Morgan fingerprint density at radius 2 is 2.25 bits per heavy atom. The topological polar surface area (TPSA) is 71.7 Å². The van der Waals surface area contributed by atoms with E-state index in [1.165, 1.54) is 0 Å². The number of ether oxygens (including phenoxy) is 1. The van der Waals surface area contributed by atoms with Crippen LogP contribution >= 0.6 is 0 Å². The van der Waals surface area contributed by atoms with Gasteiger partial charge in [-0.3, -0.25) is 4.79 Å². The van der Waals surface area contributed by atoms with Gasteiger partial charge in [0, 0.05) is 31.2 Å². The number of furan rings is 1. The number of hydrogen-bond donors (Lipinski definition) is 2. The van der Waals surface area contributed by atoms with Gasteiger partial charge in [0.2, 0.25) is 0 Å². The molecule has 1 aliphatic carbocycles. The maximum Gasteiger partial charge on any atom is 0.287 e. The molecule has 0 bridgehead atoms. The molecule has 0 aromatic carbocycles. The van der Waals surface area contributed by atoms with Crippen molar-refractivity contribution in [1.29, 1.82) is 0 Å². The third kappa shape index (κ3) is 2.88. The summed E-state index contributed by atoms with van der Waals surface area (Å²) in [6.07, 6.45) is 0.870. The van der Waals surface area contributed by atoms with Crippen molar-refractivity contribution in [2.24, 2.45) is 5.41 Å². The molecule has 1 aromatic heterocycles. The lowest BCUT2D eigenvalue weighted by Gasteiger charge is -2.31. The predicted octanol–water partition coefficient (Wildman–Crippen LogP) is 1.97. The van der Waals surface area contributed by atoms with Crippen LogP contribution in [0.15, 0.2) is 4.42 Å². The molecule has 0 spiro atoms. The highest BCUT2D eigenvalue weighted by Crippen LogP contribution is 2.43. The molecule has 1 atom stereocenters. The van der Waals surface area contributed by atoms with Crippen molar-refractivity contribution in [3.05, 3.63) is 22.6 Å². The van der Waals surface area contributed by atoms with Gasteiger partial charge in [-0.2, -0.15) is 0 Å². The second-order valence-electron chi connectivity index (χ2n) is 6.20. The highest BCUT2D eigenvalue weighted by atomic mass is 16.5. The maximum absolute atomic E-state index is 12.1. The molecule has 5 heteroatoms. The van der Waals surface area contributed by atoms with Gasteiger partial charge in [-0.1, -0.05) is 13.8 Å². The molecule has 0 aliphatic heterocycles. The van der Waals surface area contributed by atoms with Crippen LogP contribution in [0.5, 0.6) is 0 Å². The van der Waals surface area contributed by atoms with Gasteiger partial charge in [0.15, 0.2) is 5.76 Å². The van der Waals surface area contributed by atoms with Crippen molar-refractivity contribution in [3.8, 4) is 0 Å². The Morgan fingerprint density at radius 3 is 2.90 bits per heavy atom. The van der Waals surface area contributed by atoms with E-state index in [1.807, 2.05) is 6.92 Å². The Balaban J connectivity index is 2.23. The van der Waals surface area contributed by atoms with Crippen molar-refractivity contribution in [1.82, 2.24) is 5.32 Å². The summed E-state index contributed by atoms with van der Waals surface area (Å²) < 4.78 is 10.6. The van der Waals surface area contributed by atoms with Gasteiger partial charge in [0.05, 0.1) is 12.7 Å². The number of methoxy groups -OCH3 is 1. The van der Waals surface area contributed by atoms with Gasteiger partial charge in [0.25, 0.3) is 5.91 Å². The van der Waals surface area contributed by atoms with E-state index in [4.69, 9.17) is 9.15 Å². The van der Waals surface area contributed by atoms with Gasteiger partial charge in [-0.25, -0.2) is 0 Å². The third-order valence-corrected chi connectivity index (χ3v) is 3.79. The first-order valence-electron chi connectivity index (χ1n) is 6.93. The summed E-state index contributed by atoms with van der Waals surface area (Å²) in [5, 5.41) is 13.0. The minimum Gasteiger partial charge on any atom is -0.455 e. The van der Waals surface area contributed by atoms with Crippen LogP contribution in [-0.4, -0.2) is 31.3 Å². The van der Waals surface area contributed by atoms with Crippen LogP contribution in [0.25, 0.3) is 0 Å². The fourth-order valence-electron chi connectivity index (χ4n) is 2.85. The van der Waals surface area contributed by atoms with Crippen LogP contribution in [0.1, 0.15) is 53.8 Å². The van der Waals surface area contributed by atoms with E-state index in [0.29, 0.717) is 25.3 Å². The molecule has 1 aliphatic rings. The first kappa shape index (κ1) is 15.1. The lowest BCUT2D eigenvalue weighted by atomic mass is 9.75. The zero-order valence-electron chi connectivity index (χ0n) is 12.6. The molecule has 0 radical (unpaired) electrons. The lowest BCUT2D eigenvalue weighted by molar-refractivity contribution is 0.0875. The molecule has 112 valence electrons. The zero-order valence-corrected chi connectivity index (χ0v) is 12.6. The Bertz CT molecular complexity index is 504. The van der Waals surface area contributed by atoms with Gasteiger partial charge in [-0.05, 0) is 18.8 Å². The molecular formula is C15H23NO4. The summed E-state index contributed by atoms with van der Waals surface area (Å²) >= 11 is 0. The average Bonchev–Trinajstić information content (AvgIpc) is 2.65. The second-order valence-corrected chi connectivity index (χ2v) is 6.20. The van der Waals surface area contributed by atoms with E-state index in [-0.39, 0.29) is 11.3 Å². The number of carbonyl (C=O) groups excluding carboxylic acids is 1. The van der Waals surface area contributed by atoms with Gasteiger partial charge in [0.1, 0.15) is 5.76 Å². The molecule has 5 nitrogen and oxygen atoms in total. The minimum absolute atomic E-state index is 0.0134. The molecule has 2 rings (SSSR count). The lowest BCUT2D eigenvalue weighted by Crippen LogP contribution is -2.27. The number of hydrogen-bond acceptors (Lipinski definition) is 4. The van der Waals surface area contributed by atoms with Crippen molar-refractivity contribution in [3.63, 3.8) is 0 Å². The minimum atomic E-state index is -0.557. The smallest absolute Gasteiger partial charge is 0.287 e. The molecule has 2 N–H and O–H groups in total. The largest absolute Gasteiger partial charge is 0.455 e. The van der Waals surface area contributed by atoms with Gasteiger partial charge in [-0.15, -0.1) is 0 Å². The Labute approximate surface area is 119 Å². The summed E-state index contributed by atoms with van der Waals surface area (Å²) in [5.74, 6) is 0.796. The summed E-state index contributed by atoms with van der Waals surface area (Å²) in [4.78, 5) is 12.1. The van der Waals surface area contributed by atoms with E-state index in [9.17, 15) is 9.90 Å². The van der Waals surface area contributed by atoms with Crippen LogP contribution in [0.3, 0.4) is 0 Å². The van der Waals surface area contributed by atoms with E-state index in [1.54, 1.807) is 7.11 Å². The Kier molecular flexibility index (Phi) is 4.20. The number of rotatable bonds is 4. The summed E-state index contributed by atoms with van der Waals surface area (Å²) in [5.41, 5.74) is 1.53. The van der Waals surface area contributed by atoms with Crippen molar-refractivity contribution < 1.29 is 19.1 Å².